The third kappa shape index (κ3) is 2.41. The highest BCUT2D eigenvalue weighted by Crippen LogP contribution is 2.35. The van der Waals surface area contributed by atoms with Crippen LogP contribution in [0.2, 0.25) is 5.02 Å². The van der Waals surface area contributed by atoms with E-state index in [1.807, 2.05) is 26.0 Å². The van der Waals surface area contributed by atoms with Gasteiger partial charge in [-0.15, -0.1) is 0 Å². The van der Waals surface area contributed by atoms with Crippen molar-refractivity contribution in [2.45, 2.75) is 38.8 Å². The minimum Gasteiger partial charge on any atom is -0.343 e. The highest BCUT2D eigenvalue weighted by atomic mass is 35.5. The number of nitrogens with one attached hydrogen (secondary N) is 1. The highest BCUT2D eigenvalue weighted by Gasteiger charge is 2.55. The molecule has 0 spiro atoms. The standard InChI is InChI=1S/C18H24ClN5O2/c1-4-22-16(25)14-15(21(3)18(22)26)20-17-23(9-6-10-24(14)17)13-8-5-7-12(19)11(13)2/h5,7-8,14-15,17,20H,4,6,9-10H2,1-3H3. The van der Waals surface area contributed by atoms with Crippen LogP contribution in [-0.4, -0.2) is 71.8 Å². The lowest BCUT2D eigenvalue weighted by Crippen LogP contribution is -2.66. The molecule has 0 radical (unpaired) electrons. The number of carbonyl (C=O) groups excluding carboxylic acids is 2. The van der Waals surface area contributed by atoms with Crippen LogP contribution in [0.4, 0.5) is 10.5 Å². The fraction of sp³-hybridized carbons (Fsp3) is 0.556. The summed E-state index contributed by atoms with van der Waals surface area (Å²) >= 11 is 6.33. The molecule has 8 heteroatoms. The lowest BCUT2D eigenvalue weighted by atomic mass is 10.1. The number of rotatable bonds is 2. The van der Waals surface area contributed by atoms with Gasteiger partial charge in [-0.1, -0.05) is 17.7 Å². The summed E-state index contributed by atoms with van der Waals surface area (Å²) in [6, 6.07) is 5.30. The van der Waals surface area contributed by atoms with Crippen LogP contribution in [-0.2, 0) is 4.79 Å². The van der Waals surface area contributed by atoms with E-state index in [2.05, 4.69) is 21.2 Å². The van der Waals surface area contributed by atoms with E-state index < -0.39 is 0 Å². The molecular weight excluding hydrogens is 354 g/mol. The van der Waals surface area contributed by atoms with Crippen molar-refractivity contribution in [3.63, 3.8) is 0 Å². The number of anilines is 1. The van der Waals surface area contributed by atoms with E-state index in [-0.39, 0.29) is 30.4 Å². The van der Waals surface area contributed by atoms with Crippen molar-refractivity contribution < 1.29 is 9.59 Å². The van der Waals surface area contributed by atoms with Gasteiger partial charge in [0, 0.05) is 37.4 Å². The third-order valence-corrected chi connectivity index (χ3v) is 6.14. The van der Waals surface area contributed by atoms with E-state index in [1.165, 1.54) is 4.90 Å². The second kappa shape index (κ2) is 6.40. The summed E-state index contributed by atoms with van der Waals surface area (Å²) in [5.41, 5.74) is 2.09. The average molecular weight is 378 g/mol. The van der Waals surface area contributed by atoms with Crippen LogP contribution < -0.4 is 10.2 Å². The highest BCUT2D eigenvalue weighted by molar-refractivity contribution is 6.31. The number of hydrogen-bond acceptors (Lipinski definition) is 5. The molecule has 3 heterocycles. The predicted octanol–water partition coefficient (Wildman–Crippen LogP) is 1.66. The predicted molar refractivity (Wildman–Crippen MR) is 99.9 cm³/mol. The minimum absolute atomic E-state index is 0.111. The van der Waals surface area contributed by atoms with E-state index in [1.54, 1.807) is 11.9 Å². The van der Waals surface area contributed by atoms with Crippen LogP contribution in [0.25, 0.3) is 0 Å². The van der Waals surface area contributed by atoms with Gasteiger partial charge < -0.3 is 9.80 Å². The van der Waals surface area contributed by atoms with Gasteiger partial charge >= 0.3 is 6.03 Å². The van der Waals surface area contributed by atoms with Crippen molar-refractivity contribution in [1.29, 1.82) is 0 Å². The number of likely N-dealkylation sites (N-methyl/N-ethyl adjacent to an activating group) is 2. The molecular formula is C18H24ClN5O2. The molecule has 1 N–H and O–H groups in total. The van der Waals surface area contributed by atoms with Crippen LogP contribution >= 0.6 is 11.6 Å². The fourth-order valence-corrected chi connectivity index (χ4v) is 4.53. The molecule has 0 saturated carbocycles. The summed E-state index contributed by atoms with van der Waals surface area (Å²) in [6.07, 6.45) is 0.500. The smallest absolute Gasteiger partial charge is 0.327 e. The van der Waals surface area contributed by atoms with Gasteiger partial charge in [-0.2, -0.15) is 0 Å². The maximum Gasteiger partial charge on any atom is 0.327 e. The Morgan fingerprint density at radius 1 is 1.27 bits per heavy atom. The van der Waals surface area contributed by atoms with Crippen LogP contribution in [0, 0.1) is 6.92 Å². The first-order valence-corrected chi connectivity index (χ1v) is 9.45. The molecule has 26 heavy (non-hydrogen) atoms. The van der Waals surface area contributed by atoms with Crippen molar-refractivity contribution in [3.8, 4) is 0 Å². The summed E-state index contributed by atoms with van der Waals surface area (Å²) in [4.78, 5) is 32.9. The van der Waals surface area contributed by atoms with Gasteiger partial charge in [0.2, 0.25) is 0 Å². The number of imide groups is 1. The monoisotopic (exact) mass is 377 g/mol. The molecule has 1 aromatic rings. The zero-order valence-electron chi connectivity index (χ0n) is 15.3. The topological polar surface area (TPSA) is 59.1 Å². The summed E-state index contributed by atoms with van der Waals surface area (Å²) in [6.45, 7) is 5.93. The molecule has 3 aliphatic rings. The van der Waals surface area contributed by atoms with E-state index in [0.29, 0.717) is 6.54 Å². The first-order valence-electron chi connectivity index (χ1n) is 9.07. The molecule has 3 aliphatic heterocycles. The van der Waals surface area contributed by atoms with Gasteiger partial charge in [0.15, 0.2) is 0 Å². The van der Waals surface area contributed by atoms with E-state index >= 15 is 0 Å². The van der Waals surface area contributed by atoms with Crippen molar-refractivity contribution in [1.82, 2.24) is 20.0 Å². The molecule has 3 saturated heterocycles. The zero-order chi connectivity index (χ0) is 18.6. The number of fused-ring (bicyclic) bond motifs is 3. The van der Waals surface area contributed by atoms with Crippen LogP contribution in [0.15, 0.2) is 18.2 Å². The van der Waals surface area contributed by atoms with Gasteiger partial charge in [0.05, 0.1) is 0 Å². The number of benzene rings is 1. The van der Waals surface area contributed by atoms with Crippen LogP contribution in [0.3, 0.4) is 0 Å². The molecule has 0 bridgehead atoms. The molecule has 1 aromatic carbocycles. The quantitative estimate of drug-likeness (QED) is 0.849. The zero-order valence-corrected chi connectivity index (χ0v) is 16.0. The Bertz CT molecular complexity index is 757. The maximum atomic E-state index is 13.0. The van der Waals surface area contributed by atoms with Crippen LogP contribution in [0.1, 0.15) is 18.9 Å². The number of hydrogen-bond donors (Lipinski definition) is 1. The molecule has 3 atom stereocenters. The normalized spacial score (nSPS) is 29.2. The molecule has 0 aliphatic carbocycles. The van der Waals surface area contributed by atoms with E-state index in [9.17, 15) is 9.59 Å². The number of urea groups is 1. The fourth-order valence-electron chi connectivity index (χ4n) is 4.36. The summed E-state index contributed by atoms with van der Waals surface area (Å²) < 4.78 is 0. The second-order valence-electron chi connectivity index (χ2n) is 7.07. The minimum atomic E-state index is -0.357. The van der Waals surface area contributed by atoms with Gasteiger partial charge in [-0.3, -0.25) is 19.9 Å². The Labute approximate surface area is 158 Å². The van der Waals surface area contributed by atoms with Gasteiger partial charge in [-0.25, -0.2) is 4.79 Å². The molecule has 3 unspecified atom stereocenters. The van der Waals surface area contributed by atoms with Crippen molar-refractivity contribution in [2.75, 3.05) is 31.6 Å². The largest absolute Gasteiger partial charge is 0.343 e. The molecule has 3 fully saturated rings. The van der Waals surface area contributed by atoms with Gasteiger partial charge in [0.25, 0.3) is 5.91 Å². The average Bonchev–Trinajstić information content (AvgIpc) is 3.03. The number of carbonyl (C=O) groups is 2. The van der Waals surface area contributed by atoms with Crippen molar-refractivity contribution >= 4 is 29.2 Å². The van der Waals surface area contributed by atoms with Gasteiger partial charge in [0.1, 0.15) is 18.5 Å². The Morgan fingerprint density at radius 2 is 2.04 bits per heavy atom. The Kier molecular flexibility index (Phi) is 4.33. The Morgan fingerprint density at radius 3 is 2.77 bits per heavy atom. The van der Waals surface area contributed by atoms with Crippen molar-refractivity contribution in [2.24, 2.45) is 0 Å². The SMILES string of the molecule is CCN1C(=O)C2C(NC3N(c4cccc(Cl)c4C)CCCN23)N(C)C1=O. The number of halogens is 1. The first kappa shape index (κ1) is 17.6. The van der Waals surface area contributed by atoms with E-state index in [0.717, 1.165) is 35.8 Å². The number of nitrogens with zero attached hydrogens (tertiary/aromatic N) is 4. The Balaban J connectivity index is 1.70. The van der Waals surface area contributed by atoms with E-state index in [4.69, 9.17) is 11.6 Å². The van der Waals surface area contributed by atoms with Crippen molar-refractivity contribution in [3.05, 3.63) is 28.8 Å². The Hall–Kier alpha value is -1.83. The van der Waals surface area contributed by atoms with Crippen LogP contribution in [0.5, 0.6) is 0 Å². The molecule has 0 aromatic heterocycles. The lowest BCUT2D eigenvalue weighted by Gasteiger charge is -2.44. The molecule has 3 amide bonds. The summed E-state index contributed by atoms with van der Waals surface area (Å²) in [5, 5.41) is 4.24. The maximum absolute atomic E-state index is 13.0. The molecule has 7 nitrogen and oxygen atoms in total. The summed E-state index contributed by atoms with van der Waals surface area (Å²) in [7, 11) is 1.76. The molecule has 140 valence electrons. The third-order valence-electron chi connectivity index (χ3n) is 5.73. The first-order chi connectivity index (χ1) is 12.5. The summed E-state index contributed by atoms with van der Waals surface area (Å²) in [5.74, 6) is -0.111. The molecule has 4 rings (SSSR count). The second-order valence-corrected chi connectivity index (χ2v) is 7.48. The number of amides is 3. The van der Waals surface area contributed by atoms with Gasteiger partial charge in [-0.05, 0) is 38.0 Å². The lowest BCUT2D eigenvalue weighted by molar-refractivity contribution is -0.138.